The van der Waals surface area contributed by atoms with E-state index in [0.29, 0.717) is 32.5 Å². The first-order chi connectivity index (χ1) is 12.9. The van der Waals surface area contributed by atoms with E-state index in [1.165, 1.54) is 5.56 Å². The number of carboxylic acid groups (broad SMARTS) is 1. The highest BCUT2D eigenvalue weighted by molar-refractivity contribution is 6.09. The number of anilines is 1. The molecule has 1 aromatic rings. The van der Waals surface area contributed by atoms with E-state index in [0.717, 1.165) is 24.1 Å². The van der Waals surface area contributed by atoms with Crippen LogP contribution < -0.4 is 4.90 Å². The molecule has 0 bridgehead atoms. The van der Waals surface area contributed by atoms with E-state index >= 15 is 0 Å². The second kappa shape index (κ2) is 8.11. The van der Waals surface area contributed by atoms with Crippen molar-refractivity contribution in [3.63, 3.8) is 0 Å². The van der Waals surface area contributed by atoms with Crippen molar-refractivity contribution in [3.05, 3.63) is 29.3 Å². The van der Waals surface area contributed by atoms with Crippen LogP contribution in [0.5, 0.6) is 0 Å². The summed E-state index contributed by atoms with van der Waals surface area (Å²) in [7, 11) is 0. The summed E-state index contributed by atoms with van der Waals surface area (Å²) in [6, 6.07) is 5.95. The number of benzene rings is 1. The van der Waals surface area contributed by atoms with Crippen molar-refractivity contribution >= 4 is 23.5 Å². The molecule has 2 atom stereocenters. The van der Waals surface area contributed by atoms with Crippen LogP contribution in [0.2, 0.25) is 0 Å². The number of nitrogens with zero attached hydrogens (tertiary/aromatic N) is 2. The van der Waals surface area contributed by atoms with Crippen LogP contribution in [-0.2, 0) is 14.4 Å². The van der Waals surface area contributed by atoms with Gasteiger partial charge >= 0.3 is 5.97 Å². The number of hydrogen-bond acceptors (Lipinski definition) is 3. The Morgan fingerprint density at radius 2 is 1.93 bits per heavy atom. The lowest BCUT2D eigenvalue weighted by Crippen LogP contribution is -2.45. The third kappa shape index (κ3) is 4.31. The molecule has 1 N–H and O–H groups in total. The van der Waals surface area contributed by atoms with Crippen LogP contribution in [0.4, 0.5) is 5.69 Å². The molecule has 1 aromatic carbocycles. The molecule has 2 heterocycles. The van der Waals surface area contributed by atoms with Crippen LogP contribution >= 0.6 is 0 Å². The van der Waals surface area contributed by atoms with Crippen LogP contribution in [0.25, 0.3) is 0 Å². The molecule has 146 valence electrons. The molecule has 6 nitrogen and oxygen atoms in total. The fraction of sp³-hybridized carbons (Fsp3) is 0.571. The summed E-state index contributed by atoms with van der Waals surface area (Å²) in [6.45, 7) is 5.85. The zero-order chi connectivity index (χ0) is 19.6. The maximum absolute atomic E-state index is 13.0. The number of carbonyl (C=O) groups excluding carboxylic acids is 2. The molecular weight excluding hydrogens is 344 g/mol. The fourth-order valence-corrected chi connectivity index (χ4v) is 4.11. The second-order valence-corrected chi connectivity index (χ2v) is 7.82. The third-order valence-electron chi connectivity index (χ3n) is 5.90. The zero-order valence-corrected chi connectivity index (χ0v) is 16.1. The number of amides is 2. The Morgan fingerprint density at radius 1 is 1.15 bits per heavy atom. The standard InChI is InChI=1S/C21H28N2O4/c1-14-5-7-17(12-15(14)2)23-11-9-18(21(23)27)20(26)22-10-3-4-16(13-22)6-8-19(24)25/h5,7,12,16,18H,3-4,6,8-11,13H2,1-2H3,(H,24,25)/t16-,18+/m1/s1. The predicted molar refractivity (Wildman–Crippen MR) is 103 cm³/mol. The Bertz CT molecular complexity index is 746. The molecule has 0 aliphatic carbocycles. The molecule has 2 fully saturated rings. The van der Waals surface area contributed by atoms with Crippen molar-refractivity contribution in [1.82, 2.24) is 4.90 Å². The minimum absolute atomic E-state index is 0.0913. The summed E-state index contributed by atoms with van der Waals surface area (Å²) in [5.41, 5.74) is 3.17. The van der Waals surface area contributed by atoms with Crippen molar-refractivity contribution in [2.24, 2.45) is 11.8 Å². The number of aliphatic carboxylic acids is 1. The van der Waals surface area contributed by atoms with Gasteiger partial charge in [0.2, 0.25) is 11.8 Å². The van der Waals surface area contributed by atoms with Gasteiger partial charge in [-0.25, -0.2) is 0 Å². The van der Waals surface area contributed by atoms with Crippen molar-refractivity contribution in [3.8, 4) is 0 Å². The van der Waals surface area contributed by atoms with E-state index in [1.807, 2.05) is 32.0 Å². The lowest BCUT2D eigenvalue weighted by atomic mass is 9.92. The summed E-state index contributed by atoms with van der Waals surface area (Å²) in [5, 5.41) is 8.87. The number of rotatable bonds is 5. The van der Waals surface area contributed by atoms with Gasteiger partial charge in [-0.15, -0.1) is 0 Å². The number of carboxylic acids is 1. The van der Waals surface area contributed by atoms with Gasteiger partial charge in [-0.05, 0) is 68.7 Å². The minimum atomic E-state index is -0.798. The Labute approximate surface area is 160 Å². The first-order valence-corrected chi connectivity index (χ1v) is 9.76. The summed E-state index contributed by atoms with van der Waals surface area (Å²) in [4.78, 5) is 40.1. The smallest absolute Gasteiger partial charge is 0.303 e. The summed E-state index contributed by atoms with van der Waals surface area (Å²) in [6.07, 6.45) is 3.09. The monoisotopic (exact) mass is 372 g/mol. The lowest BCUT2D eigenvalue weighted by Gasteiger charge is -2.34. The molecular formula is C21H28N2O4. The van der Waals surface area contributed by atoms with Crippen molar-refractivity contribution in [2.45, 2.75) is 46.0 Å². The number of aryl methyl sites for hydroxylation is 2. The molecule has 2 amide bonds. The van der Waals surface area contributed by atoms with Crippen molar-refractivity contribution in [2.75, 3.05) is 24.5 Å². The molecule has 2 saturated heterocycles. The highest BCUT2D eigenvalue weighted by Crippen LogP contribution is 2.30. The summed E-state index contributed by atoms with van der Waals surface area (Å²) in [5.74, 6) is -1.40. The molecule has 0 saturated carbocycles. The van der Waals surface area contributed by atoms with E-state index in [1.54, 1.807) is 9.80 Å². The van der Waals surface area contributed by atoms with Crippen LogP contribution in [0.15, 0.2) is 18.2 Å². The van der Waals surface area contributed by atoms with E-state index in [-0.39, 0.29) is 24.2 Å². The van der Waals surface area contributed by atoms with E-state index in [9.17, 15) is 14.4 Å². The molecule has 27 heavy (non-hydrogen) atoms. The number of likely N-dealkylation sites (tertiary alicyclic amines) is 1. The van der Waals surface area contributed by atoms with Gasteiger partial charge in [0.1, 0.15) is 5.92 Å². The van der Waals surface area contributed by atoms with Crippen LogP contribution in [-0.4, -0.2) is 47.4 Å². The second-order valence-electron chi connectivity index (χ2n) is 7.82. The Morgan fingerprint density at radius 3 is 2.63 bits per heavy atom. The van der Waals surface area contributed by atoms with Gasteiger partial charge in [0.15, 0.2) is 0 Å². The zero-order valence-electron chi connectivity index (χ0n) is 16.1. The largest absolute Gasteiger partial charge is 0.481 e. The molecule has 0 radical (unpaired) electrons. The van der Waals surface area contributed by atoms with Gasteiger partial charge in [-0.2, -0.15) is 0 Å². The molecule has 3 rings (SSSR count). The predicted octanol–water partition coefficient (Wildman–Crippen LogP) is 2.76. The maximum Gasteiger partial charge on any atom is 0.303 e. The van der Waals surface area contributed by atoms with E-state index in [4.69, 9.17) is 5.11 Å². The quantitative estimate of drug-likeness (QED) is 0.806. The van der Waals surface area contributed by atoms with Gasteiger partial charge in [-0.1, -0.05) is 6.07 Å². The topological polar surface area (TPSA) is 77.9 Å². The fourth-order valence-electron chi connectivity index (χ4n) is 4.11. The van der Waals surface area contributed by atoms with Crippen molar-refractivity contribution in [1.29, 1.82) is 0 Å². The maximum atomic E-state index is 13.0. The van der Waals surface area contributed by atoms with Crippen LogP contribution in [0.1, 0.15) is 43.2 Å². The van der Waals surface area contributed by atoms with E-state index in [2.05, 4.69) is 0 Å². The summed E-state index contributed by atoms with van der Waals surface area (Å²) < 4.78 is 0. The number of carbonyl (C=O) groups is 3. The lowest BCUT2D eigenvalue weighted by molar-refractivity contribution is -0.141. The Kier molecular flexibility index (Phi) is 5.82. The number of piperidine rings is 1. The van der Waals surface area contributed by atoms with E-state index < -0.39 is 11.9 Å². The van der Waals surface area contributed by atoms with Gasteiger partial charge in [0.05, 0.1) is 0 Å². The highest BCUT2D eigenvalue weighted by atomic mass is 16.4. The van der Waals surface area contributed by atoms with Gasteiger partial charge < -0.3 is 14.9 Å². The minimum Gasteiger partial charge on any atom is -0.481 e. The Balaban J connectivity index is 1.64. The van der Waals surface area contributed by atoms with Crippen molar-refractivity contribution < 1.29 is 19.5 Å². The molecule has 2 aliphatic rings. The number of hydrogen-bond donors (Lipinski definition) is 1. The normalized spacial score (nSPS) is 23.0. The molecule has 0 aromatic heterocycles. The third-order valence-corrected chi connectivity index (χ3v) is 5.90. The summed E-state index contributed by atoms with van der Waals surface area (Å²) >= 11 is 0. The van der Waals surface area contributed by atoms with Gasteiger partial charge in [0, 0.05) is 31.7 Å². The van der Waals surface area contributed by atoms with Crippen LogP contribution in [0.3, 0.4) is 0 Å². The Hall–Kier alpha value is -2.37. The van der Waals surface area contributed by atoms with Gasteiger partial charge in [0.25, 0.3) is 0 Å². The average Bonchev–Trinajstić information content (AvgIpc) is 3.03. The SMILES string of the molecule is Cc1ccc(N2CC[C@@H](C(=O)N3CCC[C@H](CCC(=O)O)C3)C2=O)cc1C. The first-order valence-electron chi connectivity index (χ1n) is 9.76. The molecule has 2 aliphatic heterocycles. The molecule has 0 unspecified atom stereocenters. The highest BCUT2D eigenvalue weighted by Gasteiger charge is 2.40. The first kappa shape index (κ1) is 19.4. The average molecular weight is 372 g/mol. The van der Waals surface area contributed by atoms with Gasteiger partial charge in [-0.3, -0.25) is 14.4 Å². The molecule has 0 spiro atoms. The molecule has 6 heteroatoms. The van der Waals surface area contributed by atoms with Crippen LogP contribution in [0, 0.1) is 25.7 Å².